The van der Waals surface area contributed by atoms with Crippen LogP contribution in [0.5, 0.6) is 0 Å². The molecule has 0 atom stereocenters. The molecule has 2 fully saturated rings. The van der Waals surface area contributed by atoms with Crippen LogP contribution < -0.4 is 15.5 Å². The van der Waals surface area contributed by atoms with Gasteiger partial charge in [-0.1, -0.05) is 0 Å². The molecule has 2 aliphatic rings. The molecule has 1 amide bonds. The van der Waals surface area contributed by atoms with Gasteiger partial charge in [-0.25, -0.2) is 0 Å². The number of hydrogen-bond acceptors (Lipinski definition) is 8. The van der Waals surface area contributed by atoms with E-state index in [1.807, 2.05) is 24.5 Å². The second kappa shape index (κ2) is 10.9. The van der Waals surface area contributed by atoms with Crippen molar-refractivity contribution in [3.63, 3.8) is 0 Å². The van der Waals surface area contributed by atoms with Gasteiger partial charge >= 0.3 is 0 Å². The highest BCUT2D eigenvalue weighted by Crippen LogP contribution is 2.34. The first-order chi connectivity index (χ1) is 20.1. The fraction of sp³-hybridized carbons (Fsp3) is 0.367. The van der Waals surface area contributed by atoms with Crippen LogP contribution in [0.1, 0.15) is 19.3 Å². The van der Waals surface area contributed by atoms with Crippen LogP contribution in [-0.4, -0.2) is 87.3 Å². The molecule has 0 saturated carbocycles. The van der Waals surface area contributed by atoms with Gasteiger partial charge in [-0.15, -0.1) is 0 Å². The molecule has 5 aromatic rings. The summed E-state index contributed by atoms with van der Waals surface area (Å²) in [5, 5.41) is 16.3. The van der Waals surface area contributed by atoms with E-state index in [0.717, 1.165) is 102 Å². The fourth-order valence-electron chi connectivity index (χ4n) is 5.95. The number of likely N-dealkylation sites (N-methyl/N-ethyl adjacent to an activating group) is 1. The standard InChI is InChI=1S/C30H34N10O/c1-39-6-8-40(9-7-39)28-18-33-16-26-22(28)12-25(36-26)30-23-13-24(34-17-27(23)37-38-30)20-11-21(15-32-14-20)35-29(41)10-19-2-4-31-5-3-19/h11-19,31,36H,2-10H2,1H3,(H,35,41)(H,37,38). The molecular formula is C30H34N10O. The molecule has 11 heteroatoms. The molecule has 0 bridgehead atoms. The Bertz CT molecular complexity index is 1690. The zero-order valence-corrected chi connectivity index (χ0v) is 23.2. The van der Waals surface area contributed by atoms with Gasteiger partial charge in [0.15, 0.2) is 0 Å². The van der Waals surface area contributed by atoms with Crippen LogP contribution in [0.25, 0.3) is 44.5 Å². The Morgan fingerprint density at radius 2 is 1.78 bits per heavy atom. The van der Waals surface area contributed by atoms with E-state index in [1.54, 1.807) is 18.6 Å². The summed E-state index contributed by atoms with van der Waals surface area (Å²) in [6.07, 6.45) is 11.7. The zero-order chi connectivity index (χ0) is 27.8. The van der Waals surface area contributed by atoms with Crippen LogP contribution in [0.3, 0.4) is 0 Å². The molecule has 41 heavy (non-hydrogen) atoms. The molecule has 5 aromatic heterocycles. The van der Waals surface area contributed by atoms with Crippen LogP contribution in [-0.2, 0) is 4.79 Å². The Morgan fingerprint density at radius 3 is 2.63 bits per heavy atom. The number of carbonyl (C=O) groups excluding carboxylic acids is 1. The van der Waals surface area contributed by atoms with Crippen molar-refractivity contribution in [2.24, 2.45) is 5.92 Å². The summed E-state index contributed by atoms with van der Waals surface area (Å²) in [6.45, 7) is 5.97. The molecular weight excluding hydrogens is 516 g/mol. The highest BCUT2D eigenvalue weighted by Gasteiger charge is 2.20. The van der Waals surface area contributed by atoms with E-state index in [-0.39, 0.29) is 5.91 Å². The SMILES string of the molecule is CN1CCN(c2cncc3[nH]c(-c4n[nH]c5cnc(-c6cncc(NC(=O)CC7CCNCC7)c6)cc45)cc23)CC1. The normalized spacial score (nSPS) is 17.0. The summed E-state index contributed by atoms with van der Waals surface area (Å²) in [5.41, 5.74) is 6.99. The summed E-state index contributed by atoms with van der Waals surface area (Å²) in [7, 11) is 2.16. The zero-order valence-electron chi connectivity index (χ0n) is 23.2. The minimum atomic E-state index is 0.0284. The van der Waals surface area contributed by atoms with Gasteiger partial charge < -0.3 is 25.4 Å². The topological polar surface area (TPSA) is 131 Å². The highest BCUT2D eigenvalue weighted by molar-refractivity contribution is 6.00. The first-order valence-corrected chi connectivity index (χ1v) is 14.3. The molecule has 2 aliphatic heterocycles. The Hall–Kier alpha value is -4.35. The van der Waals surface area contributed by atoms with Gasteiger partial charge in [0.25, 0.3) is 0 Å². The Balaban J connectivity index is 1.16. The summed E-state index contributed by atoms with van der Waals surface area (Å²) in [6, 6.07) is 6.12. The van der Waals surface area contributed by atoms with E-state index in [0.29, 0.717) is 18.0 Å². The largest absolute Gasteiger partial charge is 0.367 e. The predicted octanol–water partition coefficient (Wildman–Crippen LogP) is 3.64. The van der Waals surface area contributed by atoms with E-state index in [9.17, 15) is 4.79 Å². The van der Waals surface area contributed by atoms with Crippen LogP contribution >= 0.6 is 0 Å². The molecule has 4 N–H and O–H groups in total. The van der Waals surface area contributed by atoms with E-state index in [2.05, 4.69) is 63.7 Å². The van der Waals surface area contributed by atoms with E-state index in [1.165, 1.54) is 0 Å². The summed E-state index contributed by atoms with van der Waals surface area (Å²) < 4.78 is 0. The average Bonchev–Trinajstić information content (AvgIpc) is 3.62. The molecule has 7 heterocycles. The number of aromatic nitrogens is 6. The van der Waals surface area contributed by atoms with E-state index < -0.39 is 0 Å². The molecule has 0 aromatic carbocycles. The number of aromatic amines is 2. The number of nitrogens with one attached hydrogen (secondary N) is 4. The summed E-state index contributed by atoms with van der Waals surface area (Å²) in [5.74, 6) is 0.453. The number of hydrogen-bond donors (Lipinski definition) is 4. The highest BCUT2D eigenvalue weighted by atomic mass is 16.1. The maximum Gasteiger partial charge on any atom is 0.224 e. The third-order valence-electron chi connectivity index (χ3n) is 8.32. The van der Waals surface area contributed by atoms with Gasteiger partial charge in [0.05, 0.1) is 58.6 Å². The van der Waals surface area contributed by atoms with Crippen LogP contribution in [0.15, 0.2) is 49.2 Å². The number of piperidine rings is 1. The number of pyridine rings is 3. The minimum absolute atomic E-state index is 0.0284. The smallest absolute Gasteiger partial charge is 0.224 e. The maximum absolute atomic E-state index is 12.7. The number of carbonyl (C=O) groups is 1. The number of amides is 1. The number of anilines is 2. The third kappa shape index (κ3) is 5.25. The van der Waals surface area contributed by atoms with Crippen LogP contribution in [0, 0.1) is 5.92 Å². The maximum atomic E-state index is 12.7. The third-order valence-corrected chi connectivity index (χ3v) is 8.32. The first kappa shape index (κ1) is 25.6. The van der Waals surface area contributed by atoms with Crippen molar-refractivity contribution < 1.29 is 4.79 Å². The Kier molecular flexibility index (Phi) is 6.81. The molecule has 0 unspecified atom stereocenters. The molecule has 0 spiro atoms. The lowest BCUT2D eigenvalue weighted by Gasteiger charge is -2.34. The first-order valence-electron chi connectivity index (χ1n) is 14.3. The van der Waals surface area contributed by atoms with Crippen molar-refractivity contribution in [3.8, 4) is 22.6 Å². The van der Waals surface area contributed by atoms with Gasteiger partial charge in [0.2, 0.25) is 5.91 Å². The number of nitrogens with zero attached hydrogens (tertiary/aromatic N) is 6. The fourth-order valence-corrected chi connectivity index (χ4v) is 5.95. The van der Waals surface area contributed by atoms with Crippen molar-refractivity contribution in [2.45, 2.75) is 19.3 Å². The van der Waals surface area contributed by atoms with Crippen molar-refractivity contribution in [1.82, 2.24) is 40.3 Å². The van der Waals surface area contributed by atoms with Crippen LogP contribution in [0.2, 0.25) is 0 Å². The van der Waals surface area contributed by atoms with Gasteiger partial charge in [0, 0.05) is 55.1 Å². The lowest BCUT2D eigenvalue weighted by atomic mass is 9.94. The molecule has 0 aliphatic carbocycles. The van der Waals surface area contributed by atoms with Gasteiger partial charge in [0.1, 0.15) is 5.69 Å². The second-order valence-corrected chi connectivity index (χ2v) is 11.2. The van der Waals surface area contributed by atoms with Crippen molar-refractivity contribution in [3.05, 3.63) is 49.2 Å². The predicted molar refractivity (Wildman–Crippen MR) is 161 cm³/mol. The average molecular weight is 551 g/mol. The number of rotatable bonds is 6. The number of piperazine rings is 1. The Labute approximate surface area is 237 Å². The number of fused-ring (bicyclic) bond motifs is 2. The van der Waals surface area contributed by atoms with Gasteiger partial charge in [-0.2, -0.15) is 5.10 Å². The molecule has 11 nitrogen and oxygen atoms in total. The molecule has 210 valence electrons. The van der Waals surface area contributed by atoms with Gasteiger partial charge in [-0.3, -0.25) is 24.8 Å². The molecule has 0 radical (unpaired) electrons. The monoisotopic (exact) mass is 550 g/mol. The summed E-state index contributed by atoms with van der Waals surface area (Å²) >= 11 is 0. The van der Waals surface area contributed by atoms with Crippen molar-refractivity contribution >= 4 is 39.1 Å². The quantitative estimate of drug-likeness (QED) is 0.252. The van der Waals surface area contributed by atoms with Gasteiger partial charge in [-0.05, 0) is 57.1 Å². The second-order valence-electron chi connectivity index (χ2n) is 11.2. The van der Waals surface area contributed by atoms with Crippen molar-refractivity contribution in [1.29, 1.82) is 0 Å². The van der Waals surface area contributed by atoms with Crippen molar-refractivity contribution in [2.75, 3.05) is 56.5 Å². The minimum Gasteiger partial charge on any atom is -0.367 e. The summed E-state index contributed by atoms with van der Waals surface area (Å²) in [4.78, 5) is 34.5. The molecule has 7 rings (SSSR count). The Morgan fingerprint density at radius 1 is 0.951 bits per heavy atom. The lowest BCUT2D eigenvalue weighted by molar-refractivity contribution is -0.117. The van der Waals surface area contributed by atoms with E-state index in [4.69, 9.17) is 0 Å². The van der Waals surface area contributed by atoms with E-state index >= 15 is 0 Å². The van der Waals surface area contributed by atoms with Crippen LogP contribution in [0.4, 0.5) is 11.4 Å². The molecule has 2 saturated heterocycles. The number of H-pyrrole nitrogens is 2. The lowest BCUT2D eigenvalue weighted by Crippen LogP contribution is -2.44.